The van der Waals surface area contributed by atoms with Crippen LogP contribution in [-0.4, -0.2) is 12.5 Å². The van der Waals surface area contributed by atoms with Gasteiger partial charge < -0.3 is 10.1 Å². The molecule has 3 nitrogen and oxygen atoms in total. The van der Waals surface area contributed by atoms with E-state index in [1.807, 2.05) is 24.3 Å². The van der Waals surface area contributed by atoms with E-state index in [1.54, 1.807) is 18.2 Å². The average molecular weight is 403 g/mol. The fourth-order valence-electron chi connectivity index (χ4n) is 1.76. The van der Waals surface area contributed by atoms with Crippen molar-refractivity contribution < 1.29 is 9.53 Å². The Hall–Kier alpha value is -1.23. The van der Waals surface area contributed by atoms with Gasteiger partial charge in [0.1, 0.15) is 5.75 Å². The van der Waals surface area contributed by atoms with Gasteiger partial charge in [-0.05, 0) is 48.9 Å². The topological polar surface area (TPSA) is 38.3 Å². The lowest BCUT2D eigenvalue weighted by molar-refractivity contribution is -0.116. The molecule has 0 heterocycles. The molecule has 0 aliphatic rings. The summed E-state index contributed by atoms with van der Waals surface area (Å²) >= 11 is 15.2. The molecule has 2 aromatic carbocycles. The summed E-state index contributed by atoms with van der Waals surface area (Å²) in [5.74, 6) is 0.657. The third kappa shape index (κ3) is 5.52. The molecule has 0 radical (unpaired) electrons. The van der Waals surface area contributed by atoms with Crippen LogP contribution in [0.3, 0.4) is 0 Å². The summed E-state index contributed by atoms with van der Waals surface area (Å²) in [6.07, 6.45) is 0.958. The van der Waals surface area contributed by atoms with E-state index < -0.39 is 0 Å². The lowest BCUT2D eigenvalue weighted by Gasteiger charge is -2.08. The number of carbonyl (C=O) groups is 1. The number of ether oxygens (including phenoxy) is 1. The number of nitrogens with one attached hydrogen (secondary N) is 1. The van der Waals surface area contributed by atoms with Crippen molar-refractivity contribution in [1.82, 2.24) is 0 Å². The molecule has 2 rings (SSSR count). The van der Waals surface area contributed by atoms with Crippen molar-refractivity contribution in [2.45, 2.75) is 12.8 Å². The molecule has 0 saturated carbocycles. The third-order valence-corrected chi connectivity index (χ3v) is 3.93. The largest absolute Gasteiger partial charge is 0.494 e. The number of hydrogen-bond donors (Lipinski definition) is 1. The van der Waals surface area contributed by atoms with Crippen LogP contribution in [0.5, 0.6) is 5.75 Å². The highest BCUT2D eigenvalue weighted by molar-refractivity contribution is 9.10. The predicted molar refractivity (Wildman–Crippen MR) is 94.0 cm³/mol. The average Bonchev–Trinajstić information content (AvgIpc) is 2.49. The van der Waals surface area contributed by atoms with Crippen LogP contribution in [-0.2, 0) is 4.79 Å². The van der Waals surface area contributed by atoms with Gasteiger partial charge >= 0.3 is 0 Å². The highest BCUT2D eigenvalue weighted by Crippen LogP contribution is 2.25. The minimum atomic E-state index is -0.122. The van der Waals surface area contributed by atoms with Gasteiger partial charge in [-0.3, -0.25) is 4.79 Å². The Bertz CT molecular complexity index is 647. The number of halogens is 3. The van der Waals surface area contributed by atoms with E-state index in [0.717, 1.165) is 10.2 Å². The zero-order valence-electron chi connectivity index (χ0n) is 11.6. The van der Waals surface area contributed by atoms with Crippen molar-refractivity contribution in [1.29, 1.82) is 0 Å². The highest BCUT2D eigenvalue weighted by Gasteiger charge is 2.06. The molecule has 0 spiro atoms. The minimum absolute atomic E-state index is 0.122. The standard InChI is InChI=1S/C16H14BrCl2NO2/c17-11-3-6-13(7-4-11)22-9-1-2-16(21)20-15-10-12(18)5-8-14(15)19/h3-8,10H,1-2,9H2,(H,20,21). The number of hydrogen-bond acceptors (Lipinski definition) is 2. The van der Waals surface area contributed by atoms with Gasteiger partial charge in [-0.25, -0.2) is 0 Å². The van der Waals surface area contributed by atoms with E-state index in [0.29, 0.717) is 35.2 Å². The first-order chi connectivity index (χ1) is 10.5. The molecule has 0 bridgehead atoms. The highest BCUT2D eigenvalue weighted by atomic mass is 79.9. The maximum Gasteiger partial charge on any atom is 0.224 e. The third-order valence-electron chi connectivity index (χ3n) is 2.83. The zero-order chi connectivity index (χ0) is 15.9. The summed E-state index contributed by atoms with van der Waals surface area (Å²) in [6, 6.07) is 12.5. The molecule has 2 aromatic rings. The van der Waals surface area contributed by atoms with Gasteiger partial charge in [-0.2, -0.15) is 0 Å². The Balaban J connectivity index is 1.74. The molecule has 0 unspecified atom stereocenters. The van der Waals surface area contributed by atoms with Crippen LogP contribution < -0.4 is 10.1 Å². The van der Waals surface area contributed by atoms with E-state index >= 15 is 0 Å². The second-order valence-corrected chi connectivity index (χ2v) is 6.34. The molecule has 116 valence electrons. The summed E-state index contributed by atoms with van der Waals surface area (Å²) < 4.78 is 6.55. The number of benzene rings is 2. The molecule has 6 heteroatoms. The van der Waals surface area contributed by atoms with E-state index in [9.17, 15) is 4.79 Å². The number of anilines is 1. The summed E-state index contributed by atoms with van der Waals surface area (Å²) in [4.78, 5) is 11.9. The van der Waals surface area contributed by atoms with Crippen LogP contribution in [0.1, 0.15) is 12.8 Å². The Morgan fingerprint density at radius 1 is 1.14 bits per heavy atom. The molecule has 0 fully saturated rings. The molecule has 0 aliphatic heterocycles. The fourth-order valence-corrected chi connectivity index (χ4v) is 2.36. The van der Waals surface area contributed by atoms with Crippen molar-refractivity contribution in [3.05, 3.63) is 57.0 Å². The Labute approximate surface area is 147 Å². The second-order valence-electron chi connectivity index (χ2n) is 4.58. The van der Waals surface area contributed by atoms with E-state index in [2.05, 4.69) is 21.2 Å². The van der Waals surface area contributed by atoms with Gasteiger partial charge in [0.05, 0.1) is 17.3 Å². The zero-order valence-corrected chi connectivity index (χ0v) is 14.7. The number of rotatable bonds is 6. The maximum atomic E-state index is 11.9. The predicted octanol–water partition coefficient (Wildman–Crippen LogP) is 5.55. The van der Waals surface area contributed by atoms with Crippen molar-refractivity contribution >= 4 is 50.7 Å². The Morgan fingerprint density at radius 3 is 2.59 bits per heavy atom. The number of carbonyl (C=O) groups excluding carboxylic acids is 1. The van der Waals surface area contributed by atoms with Crippen LogP contribution in [0.4, 0.5) is 5.69 Å². The lowest BCUT2D eigenvalue weighted by atomic mass is 10.2. The first-order valence-corrected chi connectivity index (χ1v) is 8.23. The summed E-state index contributed by atoms with van der Waals surface area (Å²) in [5.41, 5.74) is 0.521. The van der Waals surface area contributed by atoms with E-state index in [1.165, 1.54) is 0 Å². The lowest BCUT2D eigenvalue weighted by Crippen LogP contribution is -2.13. The number of amides is 1. The van der Waals surface area contributed by atoms with E-state index in [4.69, 9.17) is 27.9 Å². The van der Waals surface area contributed by atoms with Gasteiger partial charge in [0.15, 0.2) is 0 Å². The van der Waals surface area contributed by atoms with Crippen molar-refractivity contribution in [2.75, 3.05) is 11.9 Å². The summed E-state index contributed by atoms with van der Waals surface area (Å²) in [7, 11) is 0. The molecular formula is C16H14BrCl2NO2. The smallest absolute Gasteiger partial charge is 0.224 e. The van der Waals surface area contributed by atoms with Crippen molar-refractivity contribution in [3.63, 3.8) is 0 Å². The van der Waals surface area contributed by atoms with Crippen molar-refractivity contribution in [2.24, 2.45) is 0 Å². The summed E-state index contributed by atoms with van der Waals surface area (Å²) in [5, 5.41) is 3.73. The quantitative estimate of drug-likeness (QED) is 0.643. The Morgan fingerprint density at radius 2 is 1.86 bits per heavy atom. The molecule has 0 saturated heterocycles. The molecule has 1 N–H and O–H groups in total. The van der Waals surface area contributed by atoms with Crippen molar-refractivity contribution in [3.8, 4) is 5.75 Å². The monoisotopic (exact) mass is 401 g/mol. The maximum absolute atomic E-state index is 11.9. The molecule has 0 aromatic heterocycles. The van der Waals surface area contributed by atoms with Gasteiger partial charge in [0.2, 0.25) is 5.91 Å². The van der Waals surface area contributed by atoms with Gasteiger partial charge in [0, 0.05) is 15.9 Å². The van der Waals surface area contributed by atoms with Gasteiger partial charge in [-0.15, -0.1) is 0 Å². The molecule has 22 heavy (non-hydrogen) atoms. The van der Waals surface area contributed by atoms with Crippen LogP contribution in [0.25, 0.3) is 0 Å². The fraction of sp³-hybridized carbons (Fsp3) is 0.188. The first-order valence-electron chi connectivity index (χ1n) is 6.68. The molecular weight excluding hydrogens is 389 g/mol. The first kappa shape index (κ1) is 17.1. The normalized spacial score (nSPS) is 10.3. The second kappa shape index (κ2) is 8.42. The minimum Gasteiger partial charge on any atom is -0.494 e. The van der Waals surface area contributed by atoms with Crippen LogP contribution >= 0.6 is 39.1 Å². The SMILES string of the molecule is O=C(CCCOc1ccc(Br)cc1)Nc1cc(Cl)ccc1Cl. The molecule has 0 aliphatic carbocycles. The van der Waals surface area contributed by atoms with Gasteiger partial charge in [-0.1, -0.05) is 39.1 Å². The van der Waals surface area contributed by atoms with Gasteiger partial charge in [0.25, 0.3) is 0 Å². The van der Waals surface area contributed by atoms with Crippen LogP contribution in [0.2, 0.25) is 10.0 Å². The van der Waals surface area contributed by atoms with Crippen LogP contribution in [0.15, 0.2) is 46.9 Å². The Kier molecular flexibility index (Phi) is 6.55. The summed E-state index contributed by atoms with van der Waals surface area (Å²) in [6.45, 7) is 0.471. The van der Waals surface area contributed by atoms with E-state index in [-0.39, 0.29) is 5.91 Å². The molecule has 1 amide bonds. The molecule has 0 atom stereocenters. The van der Waals surface area contributed by atoms with Crippen LogP contribution in [0, 0.1) is 0 Å².